The Balaban J connectivity index is 1.52. The van der Waals surface area contributed by atoms with Crippen molar-refractivity contribution in [3.63, 3.8) is 0 Å². The van der Waals surface area contributed by atoms with Gasteiger partial charge in [0.1, 0.15) is 47.7 Å². The summed E-state index contributed by atoms with van der Waals surface area (Å²) in [7, 11) is 8.61. The van der Waals surface area contributed by atoms with E-state index in [-0.39, 0.29) is 33.4 Å². The number of benzene rings is 6. The smallest absolute Gasteiger partial charge is 0.338 e. The van der Waals surface area contributed by atoms with Crippen molar-refractivity contribution in [2.45, 2.75) is 24.4 Å². The minimum Gasteiger partial charge on any atom is -0.497 e. The van der Waals surface area contributed by atoms with E-state index in [0.29, 0.717) is 34.5 Å². The molecule has 4 atom stereocenters. The molecule has 0 aromatic heterocycles. The zero-order valence-electron chi connectivity index (χ0n) is 39.9. The summed E-state index contributed by atoms with van der Waals surface area (Å²) in [5, 5.41) is 0. The van der Waals surface area contributed by atoms with Crippen molar-refractivity contribution in [1.29, 1.82) is 0 Å². The van der Waals surface area contributed by atoms with E-state index in [4.69, 9.17) is 56.8 Å². The third-order valence-electron chi connectivity index (χ3n) is 10.8. The Bertz CT molecular complexity index is 2560. The van der Waals surface area contributed by atoms with E-state index in [9.17, 15) is 28.8 Å². The third-order valence-corrected chi connectivity index (χ3v) is 10.8. The number of rotatable bonds is 23. The maximum absolute atomic E-state index is 14.5. The van der Waals surface area contributed by atoms with E-state index in [0.717, 1.165) is 0 Å². The van der Waals surface area contributed by atoms with Gasteiger partial charge in [-0.25, -0.2) is 28.8 Å². The average Bonchev–Trinajstić information content (AvgIpc) is 3.43. The standard InChI is InChI=1S/C54H50O18/c1-61-39-19-7-33(8-20-39)49(55)67-31-45(69-51(57)35-11-23-41(63-3)24-12-35)47(71-53(59)37-15-27-43(65-5)28-16-37)48(72-54(60)38-17-29-44(66-6)30-18-38)46(70-52(58)36-13-25-42(64-4)26-14-36)32-68-50(56)34-9-21-40(62-2)22-10-34/h7-30,45-48H,31-32H2,1-6H3. The molecule has 18 heteroatoms. The second kappa shape index (κ2) is 25.5. The first-order valence-electron chi connectivity index (χ1n) is 21.9. The Morgan fingerprint density at radius 1 is 0.278 bits per heavy atom. The van der Waals surface area contributed by atoms with Gasteiger partial charge in [0.25, 0.3) is 0 Å². The first kappa shape index (κ1) is 52.3. The SMILES string of the molecule is COc1ccc(C(=O)OCC(OC(=O)c2ccc(OC)cc2)C(OC(=O)c2ccc(OC)cc2)C(OC(=O)c2ccc(OC)cc2)C(COC(=O)c2ccc(OC)cc2)OC(=O)c2ccc(OC)cc2)cc1. The van der Waals surface area contributed by atoms with Crippen LogP contribution < -0.4 is 28.4 Å². The Hall–Kier alpha value is -9.06. The number of hydrogen-bond donors (Lipinski definition) is 0. The highest BCUT2D eigenvalue weighted by Gasteiger charge is 2.46. The number of carbonyl (C=O) groups is 6. The normalized spacial score (nSPS) is 12.2. The van der Waals surface area contributed by atoms with Crippen molar-refractivity contribution in [2.24, 2.45) is 0 Å². The zero-order chi connectivity index (χ0) is 51.6. The molecule has 0 amide bonds. The van der Waals surface area contributed by atoms with Crippen LogP contribution in [0.3, 0.4) is 0 Å². The van der Waals surface area contributed by atoms with Crippen molar-refractivity contribution in [2.75, 3.05) is 55.9 Å². The fraction of sp³-hybridized carbons (Fsp3) is 0.222. The molecule has 0 saturated carbocycles. The Labute approximate surface area is 414 Å². The summed E-state index contributed by atoms with van der Waals surface area (Å²) >= 11 is 0. The molecule has 0 aliphatic heterocycles. The minimum absolute atomic E-state index is 0.0369. The Kier molecular flexibility index (Phi) is 18.5. The van der Waals surface area contributed by atoms with Gasteiger partial charge >= 0.3 is 35.8 Å². The van der Waals surface area contributed by atoms with Gasteiger partial charge in [0.15, 0.2) is 24.4 Å². The fourth-order valence-electron chi connectivity index (χ4n) is 6.74. The van der Waals surface area contributed by atoms with Crippen LogP contribution >= 0.6 is 0 Å². The van der Waals surface area contributed by atoms with Gasteiger partial charge in [0.05, 0.1) is 76.0 Å². The van der Waals surface area contributed by atoms with Gasteiger partial charge in [-0.05, 0) is 146 Å². The van der Waals surface area contributed by atoms with Crippen LogP contribution in [0.5, 0.6) is 34.5 Å². The lowest BCUT2D eigenvalue weighted by Crippen LogP contribution is -2.54. The van der Waals surface area contributed by atoms with Gasteiger partial charge in [0, 0.05) is 0 Å². The van der Waals surface area contributed by atoms with Crippen LogP contribution in [0.2, 0.25) is 0 Å². The largest absolute Gasteiger partial charge is 0.497 e. The van der Waals surface area contributed by atoms with E-state index in [1.807, 2.05) is 0 Å². The zero-order valence-corrected chi connectivity index (χ0v) is 39.9. The molecule has 72 heavy (non-hydrogen) atoms. The van der Waals surface area contributed by atoms with Crippen LogP contribution in [0.25, 0.3) is 0 Å². The summed E-state index contributed by atoms with van der Waals surface area (Å²) in [6.45, 7) is -1.76. The summed E-state index contributed by atoms with van der Waals surface area (Å²) in [5.41, 5.74) is -0.136. The Morgan fingerprint density at radius 2 is 0.458 bits per heavy atom. The van der Waals surface area contributed by atoms with E-state index in [1.165, 1.54) is 188 Å². The first-order chi connectivity index (χ1) is 34.9. The predicted octanol–water partition coefficient (Wildman–Crippen LogP) is 7.65. The summed E-state index contributed by atoms with van der Waals surface area (Å²) in [4.78, 5) is 84.9. The highest BCUT2D eigenvalue weighted by atomic mass is 16.6. The molecule has 0 aliphatic carbocycles. The van der Waals surface area contributed by atoms with Gasteiger partial charge in [-0.2, -0.15) is 0 Å². The quantitative estimate of drug-likeness (QED) is 0.0445. The molecule has 0 N–H and O–H groups in total. The van der Waals surface area contributed by atoms with Crippen LogP contribution in [-0.2, 0) is 28.4 Å². The van der Waals surface area contributed by atoms with Crippen LogP contribution in [0.15, 0.2) is 146 Å². The molecule has 18 nitrogen and oxygen atoms in total. The molecule has 0 radical (unpaired) electrons. The molecular weight excluding hydrogens is 937 g/mol. The highest BCUT2D eigenvalue weighted by molar-refractivity contribution is 5.93. The van der Waals surface area contributed by atoms with Gasteiger partial charge in [-0.1, -0.05) is 0 Å². The lowest BCUT2D eigenvalue weighted by atomic mass is 10.0. The lowest BCUT2D eigenvalue weighted by Gasteiger charge is -2.35. The molecule has 6 aromatic carbocycles. The number of methoxy groups -OCH3 is 6. The number of carbonyl (C=O) groups excluding carboxylic acids is 6. The molecule has 0 bridgehead atoms. The molecule has 0 saturated heterocycles. The second-order valence-corrected chi connectivity index (χ2v) is 15.2. The van der Waals surface area contributed by atoms with E-state index >= 15 is 0 Å². The van der Waals surface area contributed by atoms with Crippen LogP contribution in [0, 0.1) is 0 Å². The number of hydrogen-bond acceptors (Lipinski definition) is 18. The molecule has 0 spiro atoms. The lowest BCUT2D eigenvalue weighted by molar-refractivity contribution is -0.138. The van der Waals surface area contributed by atoms with Gasteiger partial charge in [-0.15, -0.1) is 0 Å². The molecule has 4 unspecified atom stereocenters. The highest BCUT2D eigenvalue weighted by Crippen LogP contribution is 2.27. The number of ether oxygens (including phenoxy) is 12. The van der Waals surface area contributed by atoms with Crippen LogP contribution in [0.4, 0.5) is 0 Å². The maximum atomic E-state index is 14.5. The molecule has 374 valence electrons. The molecule has 0 aliphatic rings. The third kappa shape index (κ3) is 14.0. The molecule has 0 fully saturated rings. The summed E-state index contributed by atoms with van der Waals surface area (Å²) in [6.07, 6.45) is -7.95. The topological polar surface area (TPSA) is 213 Å². The van der Waals surface area contributed by atoms with Crippen LogP contribution in [-0.4, -0.2) is 116 Å². The minimum atomic E-state index is -2.07. The first-order valence-corrected chi connectivity index (χ1v) is 21.9. The molecule has 0 heterocycles. The van der Waals surface area contributed by atoms with Gasteiger partial charge < -0.3 is 56.8 Å². The van der Waals surface area contributed by atoms with Crippen molar-refractivity contribution < 1.29 is 85.6 Å². The molecule has 6 rings (SSSR count). The van der Waals surface area contributed by atoms with E-state index < -0.39 is 73.4 Å². The van der Waals surface area contributed by atoms with Crippen molar-refractivity contribution >= 4 is 35.8 Å². The molecular formula is C54H50O18. The summed E-state index contributed by atoms with van der Waals surface area (Å²) in [6, 6.07) is 34.6. The fourth-order valence-corrected chi connectivity index (χ4v) is 6.74. The second-order valence-electron chi connectivity index (χ2n) is 15.2. The average molecular weight is 987 g/mol. The monoisotopic (exact) mass is 986 g/mol. The van der Waals surface area contributed by atoms with E-state index in [2.05, 4.69) is 0 Å². The molecule has 6 aromatic rings. The van der Waals surface area contributed by atoms with Gasteiger partial charge in [-0.3, -0.25) is 0 Å². The van der Waals surface area contributed by atoms with Crippen molar-refractivity contribution in [3.05, 3.63) is 179 Å². The summed E-state index contributed by atoms with van der Waals surface area (Å²) in [5.74, 6) is -3.65. The summed E-state index contributed by atoms with van der Waals surface area (Å²) < 4.78 is 67.7. The maximum Gasteiger partial charge on any atom is 0.338 e. The van der Waals surface area contributed by atoms with Gasteiger partial charge in [0.2, 0.25) is 0 Å². The van der Waals surface area contributed by atoms with Crippen molar-refractivity contribution in [3.8, 4) is 34.5 Å². The number of esters is 6. The van der Waals surface area contributed by atoms with Crippen LogP contribution in [0.1, 0.15) is 62.1 Å². The van der Waals surface area contributed by atoms with E-state index in [1.54, 1.807) is 0 Å². The Morgan fingerprint density at radius 3 is 0.653 bits per heavy atom. The predicted molar refractivity (Wildman–Crippen MR) is 255 cm³/mol. The van der Waals surface area contributed by atoms with Crippen molar-refractivity contribution in [1.82, 2.24) is 0 Å².